The predicted octanol–water partition coefficient (Wildman–Crippen LogP) is -5.84. The molecule has 4 heavy (non-hydrogen) atoms. The summed E-state index contributed by atoms with van der Waals surface area (Å²) in [5.74, 6) is 0. The molecule has 0 atom stereocenters. The van der Waals surface area contributed by atoms with Gasteiger partial charge in [0.1, 0.15) is 0 Å². The van der Waals surface area contributed by atoms with Gasteiger partial charge in [-0.1, -0.05) is 0 Å². The molecule has 0 aliphatic heterocycles. The normalized spacial score (nSPS) is 0. The van der Waals surface area contributed by atoms with E-state index in [1.54, 1.807) is 0 Å². The van der Waals surface area contributed by atoms with Crippen molar-refractivity contribution in [2.45, 2.75) is 0 Å². The van der Waals surface area contributed by atoms with E-state index in [0.29, 0.717) is 0 Å². The van der Waals surface area contributed by atoms with Crippen LogP contribution in [0.5, 0.6) is 0 Å². The van der Waals surface area contributed by atoms with Crippen LogP contribution >= 0.6 is 0 Å². The van der Waals surface area contributed by atoms with Crippen LogP contribution in [0.25, 0.3) is 0 Å². The molecule has 0 N–H and O–H groups in total. The molecule has 0 saturated carbocycles. The van der Waals surface area contributed by atoms with Gasteiger partial charge in [-0.05, 0) is 0 Å². The van der Waals surface area contributed by atoms with E-state index in [0.717, 1.165) is 0 Å². The average Bonchev–Trinajstić information content (AvgIpc) is 0. The van der Waals surface area contributed by atoms with Crippen molar-refractivity contribution < 1.29 is 107 Å². The maximum absolute atomic E-state index is 0. The molecule has 0 bridgehead atoms. The Kier molecular flexibility index (Phi) is 103. The zero-order valence-electron chi connectivity index (χ0n) is 2.82. The van der Waals surface area contributed by atoms with Gasteiger partial charge in [0.05, 0.1) is 0 Å². The second-order valence-electron chi connectivity index (χ2n) is 0. The van der Waals surface area contributed by atoms with Gasteiger partial charge in [-0.25, -0.2) is 0 Å². The van der Waals surface area contributed by atoms with Crippen LogP contribution in [-0.2, 0) is 13.5 Å². The summed E-state index contributed by atoms with van der Waals surface area (Å²) in [5.41, 5.74) is 0. The average molecular weight is 130 g/mol. The molecule has 0 aromatic carbocycles. The quantitative estimate of drug-likeness (QED) is 0.287. The third-order valence-corrected chi connectivity index (χ3v) is 0. The molecule has 0 aliphatic carbocycles. The second-order valence-corrected chi connectivity index (χ2v) is 0. The molecule has 4 heteroatoms. The van der Waals surface area contributed by atoms with Crippen molar-refractivity contribution in [3.8, 4) is 0 Å². The zero-order valence-corrected chi connectivity index (χ0v) is 9.88. The fourth-order valence-corrected chi connectivity index (χ4v) is 0. The van der Waals surface area contributed by atoms with Crippen LogP contribution in [0.4, 0.5) is 4.70 Å². The molecule has 16 valence electrons. The first-order valence-corrected chi connectivity index (χ1v) is 0. The Hall–Kier alpha value is 3.55. The van der Waals surface area contributed by atoms with E-state index in [1.807, 2.05) is 0 Å². The van der Waals surface area contributed by atoms with Crippen LogP contribution in [-0.4, -0.2) is 0 Å². The second kappa shape index (κ2) is 16.0. The summed E-state index contributed by atoms with van der Waals surface area (Å²) in [6, 6.07) is 0. The third kappa shape index (κ3) is 9.12. The monoisotopic (exact) mass is 130 g/mol. The first-order valence-electron chi connectivity index (χ1n) is 0. The number of hydrogen-bond donors (Lipinski definition) is 0. The van der Waals surface area contributed by atoms with Crippen LogP contribution in [0.3, 0.4) is 0 Å². The Bertz CT molecular complexity index is 6.00. The van der Waals surface area contributed by atoms with E-state index >= 15 is 0 Å². The van der Waals surface area contributed by atoms with Gasteiger partial charge >= 0.3 is 103 Å². The van der Waals surface area contributed by atoms with Crippen LogP contribution in [0, 0.1) is 0 Å². The van der Waals surface area contributed by atoms with Crippen LogP contribution in [0.1, 0.15) is 0 Å². The minimum Gasteiger partial charge on any atom is -2.00 e. The Morgan fingerprint density at radius 3 is 0.750 bits per heavy atom. The van der Waals surface area contributed by atoms with E-state index < -0.39 is 0 Å². The molecule has 0 amide bonds. The van der Waals surface area contributed by atoms with Crippen molar-refractivity contribution in [3.05, 3.63) is 0 Å². The number of rotatable bonds is 0. The maximum Gasteiger partial charge on any atom is 1.00 e. The van der Waals surface area contributed by atoms with Crippen LogP contribution in [0.2, 0.25) is 0 Å². The minimum absolute atomic E-state index is 0. The maximum atomic E-state index is 0. The minimum atomic E-state index is 0. The molecule has 0 heterocycles. The molecular weight excluding hydrogens is 129 g/mol. The van der Waals surface area contributed by atoms with E-state index in [9.17, 15) is 0 Å². The van der Waals surface area contributed by atoms with Gasteiger partial charge in [0.2, 0.25) is 0 Å². The van der Waals surface area contributed by atoms with Crippen molar-refractivity contribution in [2.24, 2.45) is 0 Å². The summed E-state index contributed by atoms with van der Waals surface area (Å²) in [4.78, 5) is 0. The van der Waals surface area contributed by atoms with Crippen LogP contribution < -0.4 is 103 Å². The Balaban J connectivity index is 0. The van der Waals surface area contributed by atoms with Crippen molar-refractivity contribution in [1.82, 2.24) is 0 Å². The molecule has 0 rings (SSSR count). The smallest absolute Gasteiger partial charge is 1.00 e. The van der Waals surface area contributed by atoms with E-state index in [2.05, 4.69) is 0 Å². The summed E-state index contributed by atoms with van der Waals surface area (Å²) in [7, 11) is 0. The number of hydrogen-bond acceptors (Lipinski definition) is 0. The van der Waals surface area contributed by atoms with Gasteiger partial charge in [0.15, 0.2) is 0 Å². The third-order valence-electron chi connectivity index (χ3n) is 0. The standard InChI is InChI=1S/FH.2K.S/h1H;;;/q;2*+1;-2. The first kappa shape index (κ1) is 25.7. The molecule has 0 fully saturated rings. The van der Waals surface area contributed by atoms with E-state index in [-0.39, 0.29) is 121 Å². The topological polar surface area (TPSA) is 0 Å². The SMILES string of the molecule is F.[K+].[K+].[S-2]. The van der Waals surface area contributed by atoms with Gasteiger partial charge in [-0.2, -0.15) is 0 Å². The summed E-state index contributed by atoms with van der Waals surface area (Å²) < 4.78 is 0. The van der Waals surface area contributed by atoms with Crippen molar-refractivity contribution in [1.29, 1.82) is 0 Å². The van der Waals surface area contributed by atoms with Crippen molar-refractivity contribution >= 4 is 13.5 Å². The van der Waals surface area contributed by atoms with Crippen molar-refractivity contribution in [2.75, 3.05) is 0 Å². The van der Waals surface area contributed by atoms with Gasteiger partial charge in [-0.3, -0.25) is 4.70 Å². The van der Waals surface area contributed by atoms with Crippen LogP contribution in [0.15, 0.2) is 0 Å². The molecule has 0 radical (unpaired) electrons. The molecule has 0 aromatic rings. The van der Waals surface area contributed by atoms with Gasteiger partial charge in [0, 0.05) is 0 Å². The fourth-order valence-electron chi connectivity index (χ4n) is 0. The first-order chi connectivity index (χ1) is 0. The Morgan fingerprint density at radius 1 is 0.750 bits per heavy atom. The fraction of sp³-hybridized carbons (Fsp3) is 0. The summed E-state index contributed by atoms with van der Waals surface area (Å²) >= 11 is 0. The molecule has 0 unspecified atom stereocenters. The largest absolute Gasteiger partial charge is 2.00 e. The summed E-state index contributed by atoms with van der Waals surface area (Å²) in [6.45, 7) is 0. The van der Waals surface area contributed by atoms with Gasteiger partial charge in [0.25, 0.3) is 0 Å². The Labute approximate surface area is 117 Å². The van der Waals surface area contributed by atoms with Gasteiger partial charge in [-0.15, -0.1) is 0 Å². The molecule has 0 saturated heterocycles. The number of halogens is 1. The molecule has 0 aromatic heterocycles. The summed E-state index contributed by atoms with van der Waals surface area (Å²) in [6.07, 6.45) is 0. The zero-order chi connectivity index (χ0) is 0. The molecule has 0 spiro atoms. The van der Waals surface area contributed by atoms with Crippen molar-refractivity contribution in [3.63, 3.8) is 0 Å². The molecule has 0 nitrogen and oxygen atoms in total. The Morgan fingerprint density at radius 2 is 0.750 bits per heavy atom. The molecule has 0 aliphatic rings. The predicted molar refractivity (Wildman–Crippen MR) is 9.87 cm³/mol. The summed E-state index contributed by atoms with van der Waals surface area (Å²) in [5, 5.41) is 0. The van der Waals surface area contributed by atoms with Gasteiger partial charge < -0.3 is 13.5 Å². The van der Waals surface area contributed by atoms with E-state index in [4.69, 9.17) is 0 Å². The van der Waals surface area contributed by atoms with E-state index in [1.165, 1.54) is 0 Å². The molecular formula is HFK2S.